The molecule has 0 saturated carbocycles. The molecule has 0 aromatic rings. The van der Waals surface area contributed by atoms with E-state index in [-0.39, 0.29) is 0 Å². The van der Waals surface area contributed by atoms with Gasteiger partial charge in [-0.15, -0.1) is 0 Å². The van der Waals surface area contributed by atoms with Gasteiger partial charge in [0.25, 0.3) is 0 Å². The van der Waals surface area contributed by atoms with Gasteiger partial charge in [0.2, 0.25) is 0 Å². The first-order valence-corrected chi connectivity index (χ1v) is 4.08. The average molecular weight is 139 g/mol. The van der Waals surface area contributed by atoms with Crippen molar-refractivity contribution < 1.29 is 0 Å². The Kier molecular flexibility index (Phi) is 2.02. The molecule has 1 aliphatic rings. The fraction of sp³-hybridized carbons (Fsp3) is 0.778. The second-order valence-electron chi connectivity index (χ2n) is 3.76. The van der Waals surface area contributed by atoms with Crippen molar-refractivity contribution in [1.29, 1.82) is 0 Å². The lowest BCUT2D eigenvalue weighted by atomic mass is 9.87. The van der Waals surface area contributed by atoms with Crippen LogP contribution in [-0.2, 0) is 0 Å². The van der Waals surface area contributed by atoms with Crippen molar-refractivity contribution >= 4 is 0 Å². The summed E-state index contributed by atoms with van der Waals surface area (Å²) in [6, 6.07) is 0. The molecule has 0 aromatic carbocycles. The Balaban J connectivity index is 2.54. The molecular weight excluding hydrogens is 122 g/mol. The molecule has 0 amide bonds. The monoisotopic (exact) mass is 139 g/mol. The Morgan fingerprint density at radius 3 is 2.70 bits per heavy atom. The van der Waals surface area contributed by atoms with Crippen LogP contribution in [-0.4, -0.2) is 5.54 Å². The van der Waals surface area contributed by atoms with Crippen LogP contribution in [0.1, 0.15) is 33.6 Å². The number of hydrogen-bond acceptors (Lipinski definition) is 1. The lowest BCUT2D eigenvalue weighted by Crippen LogP contribution is -2.39. The molecule has 0 spiro atoms. The van der Waals surface area contributed by atoms with Crippen LogP contribution in [0.4, 0.5) is 0 Å². The predicted octanol–water partition coefficient (Wildman–Crippen LogP) is 2.30. The molecule has 0 aliphatic carbocycles. The van der Waals surface area contributed by atoms with Gasteiger partial charge in [-0.2, -0.15) is 0 Å². The van der Waals surface area contributed by atoms with Crippen LogP contribution in [0.25, 0.3) is 0 Å². The fourth-order valence-corrected chi connectivity index (χ4v) is 1.47. The van der Waals surface area contributed by atoms with Crippen molar-refractivity contribution in [2.45, 2.75) is 39.2 Å². The van der Waals surface area contributed by atoms with E-state index < -0.39 is 0 Å². The lowest BCUT2D eigenvalue weighted by molar-refractivity contribution is 0.332. The fourth-order valence-electron chi connectivity index (χ4n) is 1.47. The smallest absolute Gasteiger partial charge is 0.0317 e. The normalized spacial score (nSPS) is 29.7. The Labute approximate surface area is 63.5 Å². The molecule has 1 N–H and O–H groups in total. The summed E-state index contributed by atoms with van der Waals surface area (Å²) in [4.78, 5) is 0. The van der Waals surface area contributed by atoms with Crippen molar-refractivity contribution in [1.82, 2.24) is 5.32 Å². The van der Waals surface area contributed by atoms with E-state index in [0.29, 0.717) is 5.54 Å². The molecule has 0 bridgehead atoms. The molecule has 1 nitrogen and oxygen atoms in total. The molecule has 1 atom stereocenters. The van der Waals surface area contributed by atoms with Gasteiger partial charge in [-0.3, -0.25) is 0 Å². The third-order valence-electron chi connectivity index (χ3n) is 2.14. The highest BCUT2D eigenvalue weighted by atomic mass is 14.9. The van der Waals surface area contributed by atoms with E-state index in [4.69, 9.17) is 0 Å². The lowest BCUT2D eigenvalue weighted by Gasteiger charge is -2.32. The summed E-state index contributed by atoms with van der Waals surface area (Å²) < 4.78 is 0. The molecule has 1 heteroatoms. The van der Waals surface area contributed by atoms with Crippen LogP contribution >= 0.6 is 0 Å². The number of rotatable bonds is 1. The molecule has 1 aliphatic heterocycles. The molecule has 0 radical (unpaired) electrons. The summed E-state index contributed by atoms with van der Waals surface area (Å²) in [6.07, 6.45) is 6.89. The summed E-state index contributed by atoms with van der Waals surface area (Å²) in [7, 11) is 0. The highest BCUT2D eigenvalue weighted by molar-refractivity contribution is 5.00. The van der Waals surface area contributed by atoms with Crippen molar-refractivity contribution in [2.75, 3.05) is 0 Å². The van der Waals surface area contributed by atoms with Gasteiger partial charge in [-0.05, 0) is 38.8 Å². The van der Waals surface area contributed by atoms with Crippen molar-refractivity contribution in [3.63, 3.8) is 0 Å². The SMILES string of the molecule is CCC1C=CNC(C)(C)C1. The van der Waals surface area contributed by atoms with Gasteiger partial charge in [0.15, 0.2) is 0 Å². The minimum Gasteiger partial charge on any atom is -0.386 e. The Hall–Kier alpha value is -0.460. The number of nitrogens with one attached hydrogen (secondary N) is 1. The maximum atomic E-state index is 3.34. The second kappa shape index (κ2) is 2.65. The molecule has 0 saturated heterocycles. The van der Waals surface area contributed by atoms with Crippen LogP contribution in [0.15, 0.2) is 12.3 Å². The molecule has 58 valence electrons. The van der Waals surface area contributed by atoms with E-state index in [2.05, 4.69) is 38.4 Å². The molecule has 1 rings (SSSR count). The molecule has 1 heterocycles. The van der Waals surface area contributed by atoms with Crippen molar-refractivity contribution in [2.24, 2.45) is 5.92 Å². The molecular formula is C9H17N. The van der Waals surface area contributed by atoms with Gasteiger partial charge < -0.3 is 5.32 Å². The third kappa shape index (κ3) is 1.76. The summed E-state index contributed by atoms with van der Waals surface area (Å²) in [6.45, 7) is 6.74. The van der Waals surface area contributed by atoms with Crippen LogP contribution in [0, 0.1) is 5.92 Å². The molecule has 10 heavy (non-hydrogen) atoms. The Morgan fingerprint density at radius 1 is 1.60 bits per heavy atom. The van der Waals surface area contributed by atoms with Crippen LogP contribution < -0.4 is 5.32 Å². The van der Waals surface area contributed by atoms with Gasteiger partial charge in [0, 0.05) is 5.54 Å². The topological polar surface area (TPSA) is 12.0 Å². The maximum Gasteiger partial charge on any atom is 0.0317 e. The summed E-state index contributed by atoms with van der Waals surface area (Å²) >= 11 is 0. The number of hydrogen-bond donors (Lipinski definition) is 1. The average Bonchev–Trinajstić information content (AvgIpc) is 1.86. The van der Waals surface area contributed by atoms with Gasteiger partial charge in [-0.1, -0.05) is 13.0 Å². The van der Waals surface area contributed by atoms with E-state index in [1.54, 1.807) is 0 Å². The zero-order valence-electron chi connectivity index (χ0n) is 7.15. The first kappa shape index (κ1) is 7.64. The molecule has 0 aromatic heterocycles. The molecule has 0 fully saturated rings. The van der Waals surface area contributed by atoms with Crippen LogP contribution in [0.3, 0.4) is 0 Å². The highest BCUT2D eigenvalue weighted by Gasteiger charge is 2.22. The zero-order chi connectivity index (χ0) is 7.61. The maximum absolute atomic E-state index is 3.34. The van der Waals surface area contributed by atoms with E-state index in [1.807, 2.05) is 0 Å². The second-order valence-corrected chi connectivity index (χ2v) is 3.76. The quantitative estimate of drug-likeness (QED) is 0.587. The Morgan fingerprint density at radius 2 is 2.30 bits per heavy atom. The van der Waals surface area contributed by atoms with Crippen molar-refractivity contribution in [3.05, 3.63) is 12.3 Å². The van der Waals surface area contributed by atoms with Gasteiger partial charge in [0.1, 0.15) is 0 Å². The summed E-state index contributed by atoms with van der Waals surface area (Å²) in [5.74, 6) is 0.788. The van der Waals surface area contributed by atoms with Crippen molar-refractivity contribution in [3.8, 4) is 0 Å². The minimum atomic E-state index is 0.315. The standard InChI is InChI=1S/C9H17N/c1-4-8-5-6-10-9(2,3)7-8/h5-6,8,10H,4,7H2,1-3H3. The van der Waals surface area contributed by atoms with E-state index in [1.165, 1.54) is 12.8 Å². The zero-order valence-corrected chi connectivity index (χ0v) is 7.15. The minimum absolute atomic E-state index is 0.315. The Bertz CT molecular complexity index is 136. The largest absolute Gasteiger partial charge is 0.386 e. The van der Waals surface area contributed by atoms with Gasteiger partial charge in [-0.25, -0.2) is 0 Å². The third-order valence-corrected chi connectivity index (χ3v) is 2.14. The number of allylic oxidation sites excluding steroid dienone is 1. The van der Waals surface area contributed by atoms with Gasteiger partial charge in [0.05, 0.1) is 0 Å². The van der Waals surface area contributed by atoms with E-state index in [0.717, 1.165) is 5.92 Å². The summed E-state index contributed by atoms with van der Waals surface area (Å²) in [5.41, 5.74) is 0.315. The first-order valence-electron chi connectivity index (χ1n) is 4.08. The molecule has 1 unspecified atom stereocenters. The van der Waals surface area contributed by atoms with Crippen LogP contribution in [0.2, 0.25) is 0 Å². The van der Waals surface area contributed by atoms with E-state index in [9.17, 15) is 0 Å². The van der Waals surface area contributed by atoms with Gasteiger partial charge >= 0.3 is 0 Å². The summed E-state index contributed by atoms with van der Waals surface area (Å²) in [5, 5.41) is 3.34. The van der Waals surface area contributed by atoms with E-state index >= 15 is 0 Å². The van der Waals surface area contributed by atoms with Crippen LogP contribution in [0.5, 0.6) is 0 Å². The predicted molar refractivity (Wildman–Crippen MR) is 44.8 cm³/mol. The first-order chi connectivity index (χ1) is 4.64. The highest BCUT2D eigenvalue weighted by Crippen LogP contribution is 2.23.